The van der Waals surface area contributed by atoms with Crippen molar-refractivity contribution < 1.29 is 9.53 Å². The number of esters is 1. The van der Waals surface area contributed by atoms with E-state index in [1.165, 1.54) is 0 Å². The first-order valence-corrected chi connectivity index (χ1v) is 7.57. The van der Waals surface area contributed by atoms with Gasteiger partial charge < -0.3 is 4.74 Å². The molecule has 2 aromatic rings. The third-order valence-electron chi connectivity index (χ3n) is 3.08. The maximum atomic E-state index is 11.8. The topological polar surface area (TPSA) is 38.7 Å². The fourth-order valence-corrected chi connectivity index (χ4v) is 2.32. The lowest BCUT2D eigenvalue weighted by Gasteiger charge is -1.94. The van der Waals surface area contributed by atoms with Gasteiger partial charge in [-0.2, -0.15) is 0 Å². The number of hydrogen-bond donors (Lipinski definition) is 0. The zero-order chi connectivity index (χ0) is 16.2. The summed E-state index contributed by atoms with van der Waals surface area (Å²) in [5.41, 5.74) is 1.96. The first-order chi connectivity index (χ1) is 11.1. The Balaban J connectivity index is 1.79. The average molecular weight is 344 g/mol. The first-order valence-electron chi connectivity index (χ1n) is 6.82. The lowest BCUT2D eigenvalue weighted by molar-refractivity contribution is -0.129. The van der Waals surface area contributed by atoms with Crippen molar-refractivity contribution in [1.82, 2.24) is 0 Å². The summed E-state index contributed by atoms with van der Waals surface area (Å²) >= 11 is 11.8. The molecular weight excluding hydrogens is 333 g/mol. The van der Waals surface area contributed by atoms with E-state index >= 15 is 0 Å². The second-order valence-corrected chi connectivity index (χ2v) is 5.68. The fourth-order valence-electron chi connectivity index (χ4n) is 1.99. The molecule has 1 aliphatic rings. The molecule has 0 N–H and O–H groups in total. The van der Waals surface area contributed by atoms with Gasteiger partial charge in [0.05, 0.1) is 0 Å². The number of hydrogen-bond acceptors (Lipinski definition) is 3. The summed E-state index contributed by atoms with van der Waals surface area (Å²) in [4.78, 5) is 16.0. The van der Waals surface area contributed by atoms with E-state index in [-0.39, 0.29) is 11.6 Å². The molecule has 114 valence electrons. The van der Waals surface area contributed by atoms with Crippen molar-refractivity contribution in [2.24, 2.45) is 4.99 Å². The highest BCUT2D eigenvalue weighted by atomic mass is 35.5. The average Bonchev–Trinajstić information content (AvgIpc) is 2.87. The van der Waals surface area contributed by atoms with Crippen LogP contribution in [0.25, 0.3) is 12.2 Å². The second-order valence-electron chi connectivity index (χ2n) is 4.81. The molecule has 0 fully saturated rings. The molecule has 3 nitrogen and oxygen atoms in total. The molecule has 0 saturated carbocycles. The Morgan fingerprint density at radius 1 is 0.913 bits per heavy atom. The smallest absolute Gasteiger partial charge is 0.363 e. The first kappa shape index (κ1) is 15.5. The molecule has 0 unspecified atom stereocenters. The van der Waals surface area contributed by atoms with Gasteiger partial charge >= 0.3 is 5.97 Å². The molecule has 0 bridgehead atoms. The van der Waals surface area contributed by atoms with Crippen molar-refractivity contribution in [1.29, 1.82) is 0 Å². The van der Waals surface area contributed by atoms with Gasteiger partial charge in [-0.15, -0.1) is 0 Å². The van der Waals surface area contributed by atoms with Crippen LogP contribution >= 0.6 is 23.2 Å². The number of nitrogens with zero attached hydrogens (tertiary/aromatic N) is 1. The Morgan fingerprint density at radius 2 is 1.70 bits per heavy atom. The van der Waals surface area contributed by atoms with Gasteiger partial charge in [0, 0.05) is 16.1 Å². The van der Waals surface area contributed by atoms with Gasteiger partial charge in [-0.05, 0) is 47.5 Å². The Morgan fingerprint density at radius 3 is 2.43 bits per heavy atom. The zero-order valence-corrected chi connectivity index (χ0v) is 13.4. The third-order valence-corrected chi connectivity index (χ3v) is 3.56. The number of ether oxygens (including phenoxy) is 1. The number of rotatable bonds is 3. The van der Waals surface area contributed by atoms with E-state index < -0.39 is 5.97 Å². The highest BCUT2D eigenvalue weighted by Crippen LogP contribution is 2.19. The molecule has 0 radical (unpaired) electrons. The number of halogens is 2. The normalized spacial score (nSPS) is 16.0. The van der Waals surface area contributed by atoms with Gasteiger partial charge in [0.1, 0.15) is 0 Å². The molecule has 0 saturated heterocycles. The molecule has 3 rings (SSSR count). The highest BCUT2D eigenvalue weighted by Gasteiger charge is 2.21. The van der Waals surface area contributed by atoms with E-state index in [0.717, 1.165) is 11.1 Å². The van der Waals surface area contributed by atoms with E-state index in [0.29, 0.717) is 10.0 Å². The highest BCUT2D eigenvalue weighted by molar-refractivity contribution is 6.31. The lowest BCUT2D eigenvalue weighted by Crippen LogP contribution is -2.01. The summed E-state index contributed by atoms with van der Waals surface area (Å²) in [6.45, 7) is 0. The maximum absolute atomic E-state index is 11.8. The van der Waals surface area contributed by atoms with Crippen molar-refractivity contribution in [2.45, 2.75) is 0 Å². The van der Waals surface area contributed by atoms with Crippen LogP contribution in [-0.2, 0) is 9.53 Å². The molecular formula is C18H11Cl2NO2. The van der Waals surface area contributed by atoms with Gasteiger partial charge in [0.25, 0.3) is 0 Å². The molecule has 0 spiro atoms. The summed E-state index contributed by atoms with van der Waals surface area (Å²) in [5.74, 6) is -0.237. The van der Waals surface area contributed by atoms with Gasteiger partial charge in [0.15, 0.2) is 5.70 Å². The van der Waals surface area contributed by atoms with E-state index in [2.05, 4.69) is 4.99 Å². The molecule has 0 aromatic heterocycles. The summed E-state index contributed by atoms with van der Waals surface area (Å²) in [6.07, 6.45) is 5.07. The molecule has 1 aliphatic heterocycles. The summed E-state index contributed by atoms with van der Waals surface area (Å²) in [5, 5.41) is 1.26. The summed E-state index contributed by atoms with van der Waals surface area (Å²) in [7, 11) is 0. The molecule has 0 atom stereocenters. The van der Waals surface area contributed by atoms with Crippen molar-refractivity contribution in [3.63, 3.8) is 0 Å². The van der Waals surface area contributed by atoms with Crippen LogP contribution in [0.4, 0.5) is 0 Å². The molecule has 23 heavy (non-hydrogen) atoms. The van der Waals surface area contributed by atoms with Gasteiger partial charge in [-0.3, -0.25) is 0 Å². The van der Waals surface area contributed by atoms with Crippen LogP contribution in [0.2, 0.25) is 10.0 Å². The lowest BCUT2D eigenvalue weighted by atomic mass is 10.2. The second kappa shape index (κ2) is 6.82. The Labute approximate surface area is 143 Å². The van der Waals surface area contributed by atoms with E-state index in [1.807, 2.05) is 18.2 Å². The van der Waals surface area contributed by atoms with Crippen molar-refractivity contribution >= 4 is 47.2 Å². The maximum Gasteiger partial charge on any atom is 0.363 e. The monoisotopic (exact) mass is 343 g/mol. The zero-order valence-electron chi connectivity index (χ0n) is 11.9. The number of carbonyl (C=O) groups is 1. The largest absolute Gasteiger partial charge is 0.403 e. The van der Waals surface area contributed by atoms with Gasteiger partial charge in [-0.25, -0.2) is 9.79 Å². The molecule has 0 aliphatic carbocycles. The third kappa shape index (κ3) is 4.09. The predicted octanol–water partition coefficient (Wildman–Crippen LogP) is 5.00. The van der Waals surface area contributed by atoms with E-state index in [4.69, 9.17) is 27.9 Å². The Kier molecular flexibility index (Phi) is 4.60. The van der Waals surface area contributed by atoms with Gasteiger partial charge in [-0.1, -0.05) is 47.5 Å². The number of cyclic esters (lactones) is 1. The molecule has 1 heterocycles. The fraction of sp³-hybridized carbons (Fsp3) is 0. The number of benzene rings is 2. The Bertz CT molecular complexity index is 836. The van der Waals surface area contributed by atoms with E-state index in [9.17, 15) is 4.79 Å². The Hall–Kier alpha value is -2.36. The van der Waals surface area contributed by atoms with Crippen LogP contribution < -0.4 is 0 Å². The van der Waals surface area contributed by atoms with Crippen molar-refractivity contribution in [3.8, 4) is 0 Å². The predicted molar refractivity (Wildman–Crippen MR) is 93.4 cm³/mol. The summed E-state index contributed by atoms with van der Waals surface area (Å²) < 4.78 is 5.12. The summed E-state index contributed by atoms with van der Waals surface area (Å²) in [6, 6.07) is 14.4. The quantitative estimate of drug-likeness (QED) is 0.580. The molecule has 5 heteroatoms. The SMILES string of the molecule is O=C1OC(/C=C/c2ccc(Cl)cc2)=NC/1=C/c1cccc(Cl)c1. The van der Waals surface area contributed by atoms with Crippen LogP contribution in [0, 0.1) is 0 Å². The number of carbonyl (C=O) groups excluding carboxylic acids is 1. The minimum absolute atomic E-state index is 0.239. The molecule has 2 aromatic carbocycles. The van der Waals surface area contributed by atoms with Crippen LogP contribution in [-0.4, -0.2) is 11.9 Å². The molecule has 0 amide bonds. The van der Waals surface area contributed by atoms with Crippen molar-refractivity contribution in [2.75, 3.05) is 0 Å². The van der Waals surface area contributed by atoms with Crippen LogP contribution in [0.3, 0.4) is 0 Å². The van der Waals surface area contributed by atoms with E-state index in [1.54, 1.807) is 48.6 Å². The van der Waals surface area contributed by atoms with Crippen LogP contribution in [0.5, 0.6) is 0 Å². The van der Waals surface area contributed by atoms with Crippen LogP contribution in [0.15, 0.2) is 65.3 Å². The standard InChI is InChI=1S/C18H11Cl2NO2/c19-14-7-4-12(5-8-14)6-9-17-21-16(18(22)23-17)11-13-2-1-3-15(20)10-13/h1-11H/b9-6+,16-11+. The minimum Gasteiger partial charge on any atom is -0.403 e. The van der Waals surface area contributed by atoms with Crippen molar-refractivity contribution in [3.05, 3.63) is 81.5 Å². The minimum atomic E-state index is -0.485. The number of aliphatic imine (C=N–C) groups is 1. The van der Waals surface area contributed by atoms with Crippen LogP contribution in [0.1, 0.15) is 11.1 Å². The van der Waals surface area contributed by atoms with Gasteiger partial charge in [0.2, 0.25) is 5.90 Å².